The van der Waals surface area contributed by atoms with Crippen LogP contribution >= 0.6 is 0 Å². The van der Waals surface area contributed by atoms with Gasteiger partial charge < -0.3 is 24.4 Å². The number of aromatic nitrogens is 3. The maximum Gasteiger partial charge on any atom is 0.338 e. The molecule has 0 saturated heterocycles. The molecule has 0 aliphatic heterocycles. The number of hydrogen-bond donors (Lipinski definition) is 2. The highest BCUT2D eigenvalue weighted by Crippen LogP contribution is 2.34. The summed E-state index contributed by atoms with van der Waals surface area (Å²) >= 11 is 0. The monoisotopic (exact) mass is 443 g/mol. The predicted molar refractivity (Wildman–Crippen MR) is 118 cm³/mol. The average Bonchev–Trinajstić information content (AvgIpc) is 3.18. The lowest BCUT2D eigenvalue weighted by Gasteiger charge is -2.25. The van der Waals surface area contributed by atoms with Crippen LogP contribution in [0.3, 0.4) is 0 Å². The Balaban J connectivity index is 1.96. The van der Waals surface area contributed by atoms with Crippen LogP contribution < -0.4 is 9.47 Å². The SMILES string of the molecule is COc1cc(C(O)C(Cn2cc3nccc(C(=O)O)c3n2)OCC(C)C)cc(OC)c1C. The normalized spacial score (nSPS) is 13.3. The third-order valence-corrected chi connectivity index (χ3v) is 5.16. The Labute approximate surface area is 186 Å². The van der Waals surface area contributed by atoms with Crippen molar-refractivity contribution in [3.8, 4) is 11.5 Å². The maximum absolute atomic E-state index is 11.5. The summed E-state index contributed by atoms with van der Waals surface area (Å²) in [6, 6.07) is 4.93. The molecule has 2 atom stereocenters. The number of aliphatic hydroxyl groups is 1. The molecule has 2 heterocycles. The van der Waals surface area contributed by atoms with Crippen LogP contribution in [0.1, 0.15) is 41.4 Å². The highest BCUT2D eigenvalue weighted by Gasteiger charge is 2.26. The zero-order valence-electron chi connectivity index (χ0n) is 18.9. The van der Waals surface area contributed by atoms with Gasteiger partial charge in [-0.2, -0.15) is 5.10 Å². The second kappa shape index (κ2) is 9.97. The van der Waals surface area contributed by atoms with E-state index >= 15 is 0 Å². The minimum atomic E-state index is -1.07. The van der Waals surface area contributed by atoms with Crippen molar-refractivity contribution in [3.63, 3.8) is 0 Å². The lowest BCUT2D eigenvalue weighted by atomic mass is 10.0. The topological polar surface area (TPSA) is 116 Å². The van der Waals surface area contributed by atoms with Gasteiger partial charge in [-0.05, 0) is 36.6 Å². The fraction of sp³-hybridized carbons (Fsp3) is 0.435. The molecule has 1 aromatic carbocycles. The van der Waals surface area contributed by atoms with E-state index < -0.39 is 18.2 Å². The van der Waals surface area contributed by atoms with Crippen molar-refractivity contribution in [2.45, 2.75) is 39.5 Å². The molecular weight excluding hydrogens is 414 g/mol. The second-order valence-electron chi connectivity index (χ2n) is 8.01. The Morgan fingerprint density at radius 2 is 1.84 bits per heavy atom. The zero-order valence-corrected chi connectivity index (χ0v) is 18.9. The van der Waals surface area contributed by atoms with E-state index in [-0.39, 0.29) is 23.5 Å². The van der Waals surface area contributed by atoms with Gasteiger partial charge in [0.1, 0.15) is 34.7 Å². The molecular formula is C23H29N3O6. The number of carbonyl (C=O) groups is 1. The van der Waals surface area contributed by atoms with E-state index in [0.29, 0.717) is 29.2 Å². The van der Waals surface area contributed by atoms with Crippen molar-refractivity contribution in [2.24, 2.45) is 5.92 Å². The summed E-state index contributed by atoms with van der Waals surface area (Å²) in [4.78, 5) is 15.7. The number of aromatic carboxylic acids is 1. The fourth-order valence-corrected chi connectivity index (χ4v) is 3.47. The van der Waals surface area contributed by atoms with Crippen molar-refractivity contribution >= 4 is 17.0 Å². The third kappa shape index (κ3) is 5.00. The quantitative estimate of drug-likeness (QED) is 0.491. The molecule has 0 saturated carbocycles. The molecule has 2 N–H and O–H groups in total. The number of fused-ring (bicyclic) bond motifs is 1. The third-order valence-electron chi connectivity index (χ3n) is 5.16. The van der Waals surface area contributed by atoms with Gasteiger partial charge in [0.25, 0.3) is 0 Å². The van der Waals surface area contributed by atoms with E-state index in [1.165, 1.54) is 12.3 Å². The number of methoxy groups -OCH3 is 2. The van der Waals surface area contributed by atoms with Crippen molar-refractivity contribution in [2.75, 3.05) is 20.8 Å². The first-order valence-corrected chi connectivity index (χ1v) is 10.3. The smallest absolute Gasteiger partial charge is 0.338 e. The lowest BCUT2D eigenvalue weighted by Crippen LogP contribution is -2.29. The number of ether oxygens (including phenoxy) is 3. The number of nitrogens with zero attached hydrogens (tertiary/aromatic N) is 3. The van der Waals surface area contributed by atoms with Gasteiger partial charge in [0.2, 0.25) is 0 Å². The summed E-state index contributed by atoms with van der Waals surface area (Å²) in [5.74, 6) is 0.375. The van der Waals surface area contributed by atoms with Crippen molar-refractivity contribution in [1.29, 1.82) is 0 Å². The zero-order chi connectivity index (χ0) is 23.4. The standard InChI is InChI=1S/C23H29N3O6/c1-13(2)12-32-20(22(27)15-8-18(30-4)14(3)19(9-15)31-5)11-26-10-17-21(25-26)16(23(28)29)6-7-24-17/h6-10,13,20,22,27H,11-12H2,1-5H3,(H,28,29). The molecule has 2 unspecified atom stereocenters. The van der Waals surface area contributed by atoms with Gasteiger partial charge in [-0.15, -0.1) is 0 Å². The van der Waals surface area contributed by atoms with Gasteiger partial charge in [0.15, 0.2) is 0 Å². The number of rotatable bonds is 10. The summed E-state index contributed by atoms with van der Waals surface area (Å²) in [5, 5.41) is 25.0. The Bertz CT molecular complexity index is 1070. The molecule has 2 aromatic heterocycles. The number of hydrogen-bond acceptors (Lipinski definition) is 7. The van der Waals surface area contributed by atoms with Gasteiger partial charge in [-0.1, -0.05) is 13.8 Å². The van der Waals surface area contributed by atoms with Gasteiger partial charge in [-0.25, -0.2) is 4.79 Å². The molecule has 9 nitrogen and oxygen atoms in total. The van der Waals surface area contributed by atoms with Crippen LogP contribution in [0, 0.1) is 12.8 Å². The summed E-state index contributed by atoms with van der Waals surface area (Å²) in [7, 11) is 3.13. The van der Waals surface area contributed by atoms with Crippen LogP contribution in [0.25, 0.3) is 11.0 Å². The van der Waals surface area contributed by atoms with E-state index in [1.54, 1.807) is 37.2 Å². The van der Waals surface area contributed by atoms with E-state index in [9.17, 15) is 15.0 Å². The summed E-state index contributed by atoms with van der Waals surface area (Å²) in [5.41, 5.74) is 2.23. The van der Waals surface area contributed by atoms with Gasteiger partial charge >= 0.3 is 5.97 Å². The largest absolute Gasteiger partial charge is 0.496 e. The second-order valence-corrected chi connectivity index (χ2v) is 8.01. The van der Waals surface area contributed by atoms with Gasteiger partial charge in [-0.3, -0.25) is 9.67 Å². The summed E-state index contributed by atoms with van der Waals surface area (Å²) in [6.45, 7) is 6.55. The van der Waals surface area contributed by atoms with E-state index in [2.05, 4.69) is 10.1 Å². The minimum Gasteiger partial charge on any atom is -0.496 e. The van der Waals surface area contributed by atoms with Crippen LogP contribution in [0.15, 0.2) is 30.6 Å². The van der Waals surface area contributed by atoms with Crippen molar-refractivity contribution in [3.05, 3.63) is 47.3 Å². The molecule has 172 valence electrons. The molecule has 0 radical (unpaired) electrons. The fourth-order valence-electron chi connectivity index (χ4n) is 3.47. The van der Waals surface area contributed by atoms with Crippen LogP contribution in [0.2, 0.25) is 0 Å². The van der Waals surface area contributed by atoms with Crippen molar-refractivity contribution < 1.29 is 29.2 Å². The number of aliphatic hydroxyl groups excluding tert-OH is 1. The Morgan fingerprint density at radius 1 is 1.19 bits per heavy atom. The Kier molecular flexibility index (Phi) is 7.32. The molecule has 0 aliphatic carbocycles. The van der Waals surface area contributed by atoms with Crippen LogP contribution in [-0.4, -0.2) is 57.9 Å². The molecule has 3 rings (SSSR count). The number of pyridine rings is 1. The Hall–Kier alpha value is -3.17. The maximum atomic E-state index is 11.5. The molecule has 0 fully saturated rings. The molecule has 32 heavy (non-hydrogen) atoms. The van der Waals surface area contributed by atoms with Gasteiger partial charge in [0.05, 0.1) is 32.5 Å². The lowest BCUT2D eigenvalue weighted by molar-refractivity contribution is -0.0574. The molecule has 0 amide bonds. The molecule has 0 spiro atoms. The number of carboxylic acids is 1. The van der Waals surface area contributed by atoms with Crippen LogP contribution in [-0.2, 0) is 11.3 Å². The first kappa shape index (κ1) is 23.5. The van der Waals surface area contributed by atoms with E-state index in [0.717, 1.165) is 5.56 Å². The van der Waals surface area contributed by atoms with Crippen LogP contribution in [0.5, 0.6) is 11.5 Å². The molecule has 9 heteroatoms. The van der Waals surface area contributed by atoms with E-state index in [1.807, 2.05) is 20.8 Å². The van der Waals surface area contributed by atoms with Gasteiger partial charge in [0, 0.05) is 18.4 Å². The minimum absolute atomic E-state index is 0.0713. The predicted octanol–water partition coefficient (Wildman–Crippen LogP) is 3.23. The summed E-state index contributed by atoms with van der Waals surface area (Å²) in [6.07, 6.45) is 1.43. The number of carboxylic acid groups (broad SMARTS) is 1. The molecule has 3 aromatic rings. The van der Waals surface area contributed by atoms with E-state index in [4.69, 9.17) is 14.2 Å². The highest BCUT2D eigenvalue weighted by molar-refractivity contribution is 6.00. The Morgan fingerprint density at radius 3 is 2.41 bits per heavy atom. The average molecular weight is 444 g/mol. The number of benzene rings is 1. The first-order chi connectivity index (χ1) is 15.2. The molecule has 0 aliphatic rings. The van der Waals surface area contributed by atoms with Crippen molar-refractivity contribution in [1.82, 2.24) is 14.8 Å². The summed E-state index contributed by atoms with van der Waals surface area (Å²) < 4.78 is 18.5. The molecule has 0 bridgehead atoms. The van der Waals surface area contributed by atoms with Crippen LogP contribution in [0.4, 0.5) is 0 Å². The first-order valence-electron chi connectivity index (χ1n) is 10.3. The highest BCUT2D eigenvalue weighted by atomic mass is 16.5.